The van der Waals surface area contributed by atoms with Gasteiger partial charge in [-0.05, 0) is 20.8 Å². The van der Waals surface area contributed by atoms with Crippen LogP contribution >= 0.6 is 0 Å². The van der Waals surface area contributed by atoms with Crippen molar-refractivity contribution in [2.24, 2.45) is 0 Å². The first-order valence-electron chi connectivity index (χ1n) is 5.39. The second kappa shape index (κ2) is 5.61. The number of aliphatic hydroxyl groups excluding tert-OH is 1. The Morgan fingerprint density at radius 2 is 2.18 bits per heavy atom. The van der Waals surface area contributed by atoms with Crippen molar-refractivity contribution in [3.05, 3.63) is 17.5 Å². The SMILES string of the molecule is Cc1cc(CS(=O)(=O)N(CCO)C(C)C)no1. The zero-order valence-electron chi connectivity index (χ0n) is 10.3. The summed E-state index contributed by atoms with van der Waals surface area (Å²) >= 11 is 0. The average molecular weight is 262 g/mol. The van der Waals surface area contributed by atoms with Crippen LogP contribution in [-0.4, -0.2) is 42.2 Å². The normalized spacial score (nSPS) is 12.6. The van der Waals surface area contributed by atoms with E-state index in [2.05, 4.69) is 5.16 Å². The number of aromatic nitrogens is 1. The predicted molar refractivity (Wildman–Crippen MR) is 62.8 cm³/mol. The summed E-state index contributed by atoms with van der Waals surface area (Å²) in [6.07, 6.45) is 0. The minimum Gasteiger partial charge on any atom is -0.395 e. The number of rotatable bonds is 6. The fraction of sp³-hybridized carbons (Fsp3) is 0.700. The molecule has 1 N–H and O–H groups in total. The number of nitrogens with zero attached hydrogens (tertiary/aromatic N) is 2. The summed E-state index contributed by atoms with van der Waals surface area (Å²) < 4.78 is 30.2. The Balaban J connectivity index is 2.85. The van der Waals surface area contributed by atoms with Crippen molar-refractivity contribution in [1.82, 2.24) is 9.46 Å². The fourth-order valence-corrected chi connectivity index (χ4v) is 3.25. The smallest absolute Gasteiger partial charge is 0.220 e. The number of hydrogen-bond donors (Lipinski definition) is 1. The Labute approximate surface area is 101 Å². The molecule has 0 amide bonds. The van der Waals surface area contributed by atoms with E-state index in [-0.39, 0.29) is 24.9 Å². The van der Waals surface area contributed by atoms with E-state index in [1.165, 1.54) is 4.31 Å². The van der Waals surface area contributed by atoms with Crippen LogP contribution in [0, 0.1) is 6.92 Å². The van der Waals surface area contributed by atoms with Gasteiger partial charge in [0, 0.05) is 18.7 Å². The molecule has 1 rings (SSSR count). The van der Waals surface area contributed by atoms with Gasteiger partial charge >= 0.3 is 0 Å². The minimum absolute atomic E-state index is 0.0941. The summed E-state index contributed by atoms with van der Waals surface area (Å²) in [6.45, 7) is 5.13. The van der Waals surface area contributed by atoms with Crippen molar-refractivity contribution >= 4 is 10.0 Å². The van der Waals surface area contributed by atoms with Gasteiger partial charge in [-0.3, -0.25) is 0 Å². The van der Waals surface area contributed by atoms with Gasteiger partial charge in [-0.1, -0.05) is 5.16 Å². The summed E-state index contributed by atoms with van der Waals surface area (Å²) in [4.78, 5) is 0. The topological polar surface area (TPSA) is 83.6 Å². The molecule has 0 aromatic carbocycles. The van der Waals surface area contributed by atoms with Crippen LogP contribution < -0.4 is 0 Å². The third-order valence-electron chi connectivity index (χ3n) is 2.26. The van der Waals surface area contributed by atoms with Crippen molar-refractivity contribution in [2.45, 2.75) is 32.6 Å². The van der Waals surface area contributed by atoms with Crippen LogP contribution in [-0.2, 0) is 15.8 Å². The molecular weight excluding hydrogens is 244 g/mol. The lowest BCUT2D eigenvalue weighted by Crippen LogP contribution is -2.39. The van der Waals surface area contributed by atoms with Gasteiger partial charge in [-0.2, -0.15) is 4.31 Å². The van der Waals surface area contributed by atoms with E-state index in [1.54, 1.807) is 26.8 Å². The van der Waals surface area contributed by atoms with Crippen LogP contribution in [0.15, 0.2) is 10.6 Å². The van der Waals surface area contributed by atoms with Crippen LogP contribution in [0.3, 0.4) is 0 Å². The molecular formula is C10H18N2O4S. The van der Waals surface area contributed by atoms with E-state index in [1.807, 2.05) is 0 Å². The van der Waals surface area contributed by atoms with Crippen LogP contribution in [0.5, 0.6) is 0 Å². The van der Waals surface area contributed by atoms with Crippen molar-refractivity contribution in [3.8, 4) is 0 Å². The molecule has 0 saturated heterocycles. The molecule has 1 aromatic rings. The molecule has 0 fully saturated rings. The van der Waals surface area contributed by atoms with Crippen LogP contribution in [0.25, 0.3) is 0 Å². The molecule has 1 heterocycles. The Hall–Kier alpha value is -0.920. The summed E-state index contributed by atoms with van der Waals surface area (Å²) in [5.74, 6) is 0.371. The van der Waals surface area contributed by atoms with Crippen molar-refractivity contribution < 1.29 is 18.0 Å². The molecule has 0 aliphatic carbocycles. The summed E-state index contributed by atoms with van der Waals surface area (Å²) in [5, 5.41) is 12.5. The van der Waals surface area contributed by atoms with E-state index in [9.17, 15) is 8.42 Å². The Bertz CT molecular complexity index is 453. The maximum Gasteiger partial charge on any atom is 0.220 e. The molecule has 0 radical (unpaired) electrons. The van der Waals surface area contributed by atoms with Gasteiger partial charge in [0.05, 0.1) is 6.61 Å². The van der Waals surface area contributed by atoms with E-state index in [0.717, 1.165) is 0 Å². The Morgan fingerprint density at radius 3 is 2.59 bits per heavy atom. The number of aliphatic hydroxyl groups is 1. The third kappa shape index (κ3) is 3.79. The molecule has 0 saturated carbocycles. The van der Waals surface area contributed by atoms with E-state index < -0.39 is 10.0 Å². The summed E-state index contributed by atoms with van der Waals surface area (Å²) in [6, 6.07) is 1.40. The molecule has 0 spiro atoms. The lowest BCUT2D eigenvalue weighted by atomic mass is 10.4. The highest BCUT2D eigenvalue weighted by Crippen LogP contribution is 2.13. The number of hydrogen-bond acceptors (Lipinski definition) is 5. The standard InChI is InChI=1S/C10H18N2O4S/c1-8(2)12(4-5-13)17(14,15)7-10-6-9(3)16-11-10/h6,8,13H,4-5,7H2,1-3H3. The maximum atomic E-state index is 12.1. The zero-order valence-corrected chi connectivity index (χ0v) is 11.1. The molecule has 6 nitrogen and oxygen atoms in total. The largest absolute Gasteiger partial charge is 0.395 e. The summed E-state index contributed by atoms with van der Waals surface area (Å²) in [5.41, 5.74) is 0.381. The molecule has 0 unspecified atom stereocenters. The third-order valence-corrected chi connectivity index (χ3v) is 4.24. The predicted octanol–water partition coefficient (Wildman–Crippen LogP) is 0.516. The molecule has 0 aliphatic rings. The lowest BCUT2D eigenvalue weighted by Gasteiger charge is -2.24. The molecule has 0 atom stereocenters. The number of sulfonamides is 1. The van der Waals surface area contributed by atoms with Gasteiger partial charge in [0.25, 0.3) is 0 Å². The first-order chi connectivity index (χ1) is 7.86. The minimum atomic E-state index is -3.47. The van der Waals surface area contributed by atoms with Crippen LogP contribution in [0.1, 0.15) is 25.3 Å². The fourth-order valence-electron chi connectivity index (χ4n) is 1.57. The van der Waals surface area contributed by atoms with Crippen molar-refractivity contribution in [3.63, 3.8) is 0 Å². The summed E-state index contributed by atoms with van der Waals surface area (Å²) in [7, 11) is -3.47. The monoisotopic (exact) mass is 262 g/mol. The molecule has 0 aliphatic heterocycles. The zero-order chi connectivity index (χ0) is 13.1. The molecule has 17 heavy (non-hydrogen) atoms. The highest BCUT2D eigenvalue weighted by Gasteiger charge is 2.25. The lowest BCUT2D eigenvalue weighted by molar-refractivity contribution is 0.236. The quantitative estimate of drug-likeness (QED) is 0.807. The van der Waals surface area contributed by atoms with Crippen molar-refractivity contribution in [1.29, 1.82) is 0 Å². The molecule has 1 aromatic heterocycles. The molecule has 0 bridgehead atoms. The van der Waals surface area contributed by atoms with Gasteiger partial charge in [-0.25, -0.2) is 8.42 Å². The van der Waals surface area contributed by atoms with Gasteiger partial charge < -0.3 is 9.63 Å². The van der Waals surface area contributed by atoms with E-state index in [4.69, 9.17) is 9.63 Å². The van der Waals surface area contributed by atoms with Crippen LogP contribution in [0.4, 0.5) is 0 Å². The van der Waals surface area contributed by atoms with E-state index in [0.29, 0.717) is 11.5 Å². The molecule has 98 valence electrons. The highest BCUT2D eigenvalue weighted by molar-refractivity contribution is 7.88. The first kappa shape index (κ1) is 14.1. The van der Waals surface area contributed by atoms with E-state index >= 15 is 0 Å². The second-order valence-electron chi connectivity index (χ2n) is 4.11. The van der Waals surface area contributed by atoms with Gasteiger partial charge in [0.2, 0.25) is 10.0 Å². The average Bonchev–Trinajstić information content (AvgIpc) is 2.58. The number of aryl methyl sites for hydroxylation is 1. The van der Waals surface area contributed by atoms with Crippen LogP contribution in [0.2, 0.25) is 0 Å². The molecule has 7 heteroatoms. The second-order valence-corrected chi connectivity index (χ2v) is 6.03. The highest BCUT2D eigenvalue weighted by atomic mass is 32.2. The Kier molecular flexibility index (Phi) is 4.67. The van der Waals surface area contributed by atoms with Gasteiger partial charge in [0.1, 0.15) is 17.2 Å². The maximum absolute atomic E-state index is 12.1. The Morgan fingerprint density at radius 1 is 1.53 bits per heavy atom. The first-order valence-corrected chi connectivity index (χ1v) is 7.00. The van der Waals surface area contributed by atoms with Gasteiger partial charge in [-0.15, -0.1) is 0 Å². The van der Waals surface area contributed by atoms with Gasteiger partial charge in [0.15, 0.2) is 0 Å². The van der Waals surface area contributed by atoms with Crippen molar-refractivity contribution in [2.75, 3.05) is 13.2 Å².